The maximum atomic E-state index is 10.9. The highest BCUT2D eigenvalue weighted by molar-refractivity contribution is 5.77. The predicted octanol–water partition coefficient (Wildman–Crippen LogP) is 0.730. The van der Waals surface area contributed by atoms with E-state index in [4.69, 9.17) is 15.2 Å². The summed E-state index contributed by atoms with van der Waals surface area (Å²) in [5.74, 6) is 0.866. The third-order valence-corrected chi connectivity index (χ3v) is 3.96. The molecule has 1 aliphatic rings. The van der Waals surface area contributed by atoms with Crippen LogP contribution in [0.25, 0.3) is 0 Å². The van der Waals surface area contributed by atoms with E-state index < -0.39 is 4.92 Å². The lowest BCUT2D eigenvalue weighted by Gasteiger charge is -2.26. The van der Waals surface area contributed by atoms with E-state index >= 15 is 0 Å². The third kappa shape index (κ3) is 6.20. The van der Waals surface area contributed by atoms with Crippen LogP contribution in [0.1, 0.15) is 12.0 Å². The van der Waals surface area contributed by atoms with Crippen molar-refractivity contribution >= 4 is 11.6 Å². The number of nitrogens with two attached hydrogens (primary N) is 1. The maximum Gasteiger partial charge on any atom is 0.270 e. The Morgan fingerprint density at radius 2 is 2.24 bits per heavy atom. The van der Waals surface area contributed by atoms with Crippen LogP contribution in [0.2, 0.25) is 0 Å². The molecule has 1 aromatic rings. The molecule has 9 heteroatoms. The number of ether oxygens (including phenoxy) is 2. The van der Waals surface area contributed by atoms with E-state index in [0.717, 1.165) is 45.8 Å². The second-order valence-electron chi connectivity index (χ2n) is 5.69. The average Bonchev–Trinajstić information content (AvgIpc) is 2.64. The number of methoxy groups -OCH3 is 1. The lowest BCUT2D eigenvalue weighted by Crippen LogP contribution is -2.39. The molecule has 1 aliphatic heterocycles. The van der Waals surface area contributed by atoms with Crippen molar-refractivity contribution in [2.24, 2.45) is 10.7 Å². The van der Waals surface area contributed by atoms with Crippen molar-refractivity contribution in [2.45, 2.75) is 13.0 Å². The quantitative estimate of drug-likeness (QED) is 0.233. The number of benzene rings is 1. The summed E-state index contributed by atoms with van der Waals surface area (Å²) in [6, 6.07) is 4.42. The first-order valence-electron chi connectivity index (χ1n) is 8.25. The van der Waals surface area contributed by atoms with Gasteiger partial charge in [0.1, 0.15) is 5.75 Å². The number of rotatable bonds is 8. The SMILES string of the molecule is COc1ccc([N+](=O)[O-])cc1CN=C(N)NCCCN1CCOCC1. The van der Waals surface area contributed by atoms with Gasteiger partial charge in [-0.3, -0.25) is 15.0 Å². The van der Waals surface area contributed by atoms with Gasteiger partial charge in [0.25, 0.3) is 5.69 Å². The molecule has 1 heterocycles. The van der Waals surface area contributed by atoms with Gasteiger partial charge in [0.15, 0.2) is 5.96 Å². The van der Waals surface area contributed by atoms with Crippen LogP contribution in [-0.2, 0) is 11.3 Å². The summed E-state index contributed by atoms with van der Waals surface area (Å²) in [7, 11) is 1.52. The van der Waals surface area contributed by atoms with Gasteiger partial charge in [-0.05, 0) is 19.0 Å². The smallest absolute Gasteiger partial charge is 0.270 e. The van der Waals surface area contributed by atoms with Crippen molar-refractivity contribution in [3.8, 4) is 5.75 Å². The third-order valence-electron chi connectivity index (χ3n) is 3.96. The van der Waals surface area contributed by atoms with Crippen molar-refractivity contribution in [2.75, 3.05) is 46.5 Å². The van der Waals surface area contributed by atoms with Crippen molar-refractivity contribution in [3.05, 3.63) is 33.9 Å². The minimum Gasteiger partial charge on any atom is -0.496 e. The van der Waals surface area contributed by atoms with Gasteiger partial charge in [0.2, 0.25) is 0 Å². The molecule has 2 rings (SSSR count). The van der Waals surface area contributed by atoms with Gasteiger partial charge >= 0.3 is 0 Å². The van der Waals surface area contributed by atoms with Crippen LogP contribution >= 0.6 is 0 Å². The van der Waals surface area contributed by atoms with Crippen LogP contribution in [0.15, 0.2) is 23.2 Å². The van der Waals surface area contributed by atoms with Gasteiger partial charge in [-0.1, -0.05) is 0 Å². The number of nitro benzene ring substituents is 1. The Labute approximate surface area is 146 Å². The Bertz CT molecular complexity index is 602. The van der Waals surface area contributed by atoms with E-state index in [9.17, 15) is 10.1 Å². The zero-order valence-electron chi connectivity index (χ0n) is 14.4. The van der Waals surface area contributed by atoms with Gasteiger partial charge in [0.05, 0.1) is 31.8 Å². The van der Waals surface area contributed by atoms with E-state index in [1.807, 2.05) is 0 Å². The Balaban J connectivity index is 1.79. The number of nitrogens with zero attached hydrogens (tertiary/aromatic N) is 3. The molecule has 0 atom stereocenters. The van der Waals surface area contributed by atoms with Crippen LogP contribution in [0, 0.1) is 10.1 Å². The number of hydrogen-bond donors (Lipinski definition) is 2. The maximum absolute atomic E-state index is 10.9. The summed E-state index contributed by atoms with van der Waals surface area (Å²) in [6.07, 6.45) is 0.955. The van der Waals surface area contributed by atoms with Gasteiger partial charge in [0, 0.05) is 37.3 Å². The molecule has 0 aromatic heterocycles. The normalized spacial score (nSPS) is 15.8. The molecule has 9 nitrogen and oxygen atoms in total. The second kappa shape index (κ2) is 9.80. The largest absolute Gasteiger partial charge is 0.496 e. The van der Waals surface area contributed by atoms with Crippen LogP contribution in [-0.4, -0.2) is 62.3 Å². The zero-order chi connectivity index (χ0) is 18.1. The van der Waals surface area contributed by atoms with E-state index in [1.54, 1.807) is 6.07 Å². The number of nitro groups is 1. The number of hydrogen-bond acceptors (Lipinski definition) is 6. The van der Waals surface area contributed by atoms with Crippen LogP contribution in [0.5, 0.6) is 5.75 Å². The minimum absolute atomic E-state index is 0.00282. The zero-order valence-corrected chi connectivity index (χ0v) is 14.4. The molecule has 0 spiro atoms. The fraction of sp³-hybridized carbons (Fsp3) is 0.562. The highest BCUT2D eigenvalue weighted by atomic mass is 16.6. The van der Waals surface area contributed by atoms with E-state index in [2.05, 4.69) is 15.2 Å². The van der Waals surface area contributed by atoms with Gasteiger partial charge < -0.3 is 20.5 Å². The van der Waals surface area contributed by atoms with E-state index in [1.165, 1.54) is 19.2 Å². The molecule has 25 heavy (non-hydrogen) atoms. The number of aliphatic imine (C=N–C) groups is 1. The Kier molecular flexibility index (Phi) is 7.42. The number of guanidine groups is 1. The average molecular weight is 351 g/mol. The van der Waals surface area contributed by atoms with Crippen LogP contribution in [0.3, 0.4) is 0 Å². The van der Waals surface area contributed by atoms with Gasteiger partial charge in [-0.2, -0.15) is 0 Å². The molecule has 138 valence electrons. The monoisotopic (exact) mass is 351 g/mol. The second-order valence-corrected chi connectivity index (χ2v) is 5.69. The number of morpholine rings is 1. The molecule has 0 bridgehead atoms. The van der Waals surface area contributed by atoms with Gasteiger partial charge in [-0.25, -0.2) is 4.99 Å². The molecule has 0 saturated carbocycles. The molecule has 1 saturated heterocycles. The molecular formula is C16H25N5O4. The fourth-order valence-electron chi connectivity index (χ4n) is 2.57. The fourth-order valence-corrected chi connectivity index (χ4v) is 2.57. The van der Waals surface area contributed by atoms with Crippen molar-refractivity contribution < 1.29 is 14.4 Å². The van der Waals surface area contributed by atoms with Crippen molar-refractivity contribution in [3.63, 3.8) is 0 Å². The number of non-ortho nitro benzene ring substituents is 1. The lowest BCUT2D eigenvalue weighted by molar-refractivity contribution is -0.384. The highest BCUT2D eigenvalue weighted by Crippen LogP contribution is 2.24. The lowest BCUT2D eigenvalue weighted by atomic mass is 10.2. The first kappa shape index (κ1) is 18.9. The van der Waals surface area contributed by atoms with Crippen LogP contribution in [0.4, 0.5) is 5.69 Å². The topological polar surface area (TPSA) is 115 Å². The molecule has 0 aliphatic carbocycles. The summed E-state index contributed by atoms with van der Waals surface area (Å²) in [5, 5.41) is 13.9. The summed E-state index contributed by atoms with van der Waals surface area (Å²) in [4.78, 5) is 17.0. The molecule has 1 aromatic carbocycles. The standard InChI is InChI=1S/C16H25N5O4/c1-24-15-4-3-14(21(22)23)11-13(15)12-19-16(17)18-5-2-6-20-7-9-25-10-8-20/h3-4,11H,2,5-10,12H2,1H3,(H3,17,18,19). The minimum atomic E-state index is -0.445. The highest BCUT2D eigenvalue weighted by Gasteiger charge is 2.11. The van der Waals surface area contributed by atoms with Crippen molar-refractivity contribution in [1.29, 1.82) is 0 Å². The predicted molar refractivity (Wildman–Crippen MR) is 94.9 cm³/mol. The molecule has 0 amide bonds. The Hall–Kier alpha value is -2.39. The summed E-state index contributed by atoms with van der Waals surface area (Å²) < 4.78 is 10.5. The molecule has 3 N–H and O–H groups in total. The van der Waals surface area contributed by atoms with Crippen molar-refractivity contribution in [1.82, 2.24) is 10.2 Å². The Morgan fingerprint density at radius 3 is 2.92 bits per heavy atom. The van der Waals surface area contributed by atoms with Crippen LogP contribution < -0.4 is 15.8 Å². The molecule has 0 radical (unpaired) electrons. The summed E-state index contributed by atoms with van der Waals surface area (Å²) in [5.41, 5.74) is 6.48. The molecular weight excluding hydrogens is 326 g/mol. The van der Waals surface area contributed by atoms with E-state index in [-0.39, 0.29) is 12.2 Å². The molecule has 0 unspecified atom stereocenters. The summed E-state index contributed by atoms with van der Waals surface area (Å²) in [6.45, 7) is 5.45. The first-order valence-corrected chi connectivity index (χ1v) is 8.25. The first-order chi connectivity index (χ1) is 12.1. The Morgan fingerprint density at radius 1 is 1.48 bits per heavy atom. The molecule has 1 fully saturated rings. The summed E-state index contributed by atoms with van der Waals surface area (Å²) >= 11 is 0. The van der Waals surface area contributed by atoms with Gasteiger partial charge in [-0.15, -0.1) is 0 Å². The number of nitrogens with one attached hydrogen (secondary N) is 1. The van der Waals surface area contributed by atoms with E-state index in [0.29, 0.717) is 17.3 Å².